The summed E-state index contributed by atoms with van der Waals surface area (Å²) in [5.74, 6) is -0.0697. The predicted molar refractivity (Wildman–Crippen MR) is 174 cm³/mol. The molecule has 0 spiro atoms. The number of aryl methyl sites for hydroxylation is 1. The Labute approximate surface area is 267 Å². The summed E-state index contributed by atoms with van der Waals surface area (Å²) in [5, 5.41) is 10.1. The van der Waals surface area contributed by atoms with Crippen LogP contribution in [-0.2, 0) is 28.4 Å². The standard InChI is InChI=1S/C33H47N5O6S/c1-24-18-38(25(2)22-39)33(40)29-17-28(35-45(41,42)32-21-37(5)23-34-32)14-15-30(29)44-26(3)11-9-10-16-43-31(24)20-36(4)19-27-12-7-6-8-13-27/h6-8,12-15,17,21,23-26,31,35,39H,9-11,16,18-20,22H2,1-5H3/t24-,25+,26+,31-/m1/s1. The Kier molecular flexibility index (Phi) is 12.0. The number of nitrogens with zero attached hydrogens (tertiary/aromatic N) is 4. The lowest BCUT2D eigenvalue weighted by Gasteiger charge is -2.36. The molecule has 0 radical (unpaired) electrons. The molecule has 4 rings (SSSR count). The molecule has 246 valence electrons. The van der Waals surface area contributed by atoms with Gasteiger partial charge in [-0.2, -0.15) is 8.42 Å². The van der Waals surface area contributed by atoms with Gasteiger partial charge in [0.2, 0.25) is 0 Å². The van der Waals surface area contributed by atoms with Crippen LogP contribution in [0.2, 0.25) is 0 Å². The van der Waals surface area contributed by atoms with E-state index in [1.54, 1.807) is 35.6 Å². The fourth-order valence-electron chi connectivity index (χ4n) is 5.45. The van der Waals surface area contributed by atoms with Crippen LogP contribution in [0.1, 0.15) is 56.0 Å². The van der Waals surface area contributed by atoms with Crippen LogP contribution in [0.4, 0.5) is 5.69 Å². The Hall–Kier alpha value is -3.45. The molecule has 11 nitrogen and oxygen atoms in total. The van der Waals surface area contributed by atoms with E-state index < -0.39 is 16.1 Å². The largest absolute Gasteiger partial charge is 0.490 e. The topological polar surface area (TPSA) is 126 Å². The zero-order valence-corrected chi connectivity index (χ0v) is 27.7. The third-order valence-electron chi connectivity index (χ3n) is 8.05. The maximum atomic E-state index is 14.3. The van der Waals surface area contributed by atoms with Crippen molar-refractivity contribution in [2.24, 2.45) is 13.0 Å². The molecule has 0 aliphatic carbocycles. The average Bonchev–Trinajstić information content (AvgIpc) is 3.46. The Morgan fingerprint density at radius 2 is 1.91 bits per heavy atom. The van der Waals surface area contributed by atoms with Gasteiger partial charge in [-0.15, -0.1) is 0 Å². The van der Waals surface area contributed by atoms with Crippen LogP contribution < -0.4 is 9.46 Å². The van der Waals surface area contributed by atoms with Crippen LogP contribution in [0.5, 0.6) is 5.75 Å². The van der Waals surface area contributed by atoms with Gasteiger partial charge >= 0.3 is 0 Å². The minimum Gasteiger partial charge on any atom is -0.490 e. The Morgan fingerprint density at radius 3 is 2.60 bits per heavy atom. The molecule has 0 fully saturated rings. The summed E-state index contributed by atoms with van der Waals surface area (Å²) in [6.07, 6.45) is 4.98. The van der Waals surface area contributed by atoms with Gasteiger partial charge < -0.3 is 24.0 Å². The number of hydrogen-bond acceptors (Lipinski definition) is 8. The fraction of sp³-hybridized carbons (Fsp3) is 0.515. The number of fused-ring (bicyclic) bond motifs is 1. The SMILES string of the molecule is C[C@@H]1CN([C@@H](C)CO)C(=O)c2cc(NS(=O)(=O)c3cn(C)cn3)ccc2O[C@@H](C)CCCCO[C@@H]1CN(C)Cc1ccccc1. The van der Waals surface area contributed by atoms with Gasteiger partial charge in [-0.1, -0.05) is 37.3 Å². The van der Waals surface area contributed by atoms with Crippen LogP contribution in [0.3, 0.4) is 0 Å². The van der Waals surface area contributed by atoms with Gasteiger partial charge in [0, 0.05) is 51.1 Å². The molecular formula is C33H47N5O6S. The number of likely N-dealkylation sites (N-methyl/N-ethyl adjacent to an activating group) is 1. The zero-order valence-electron chi connectivity index (χ0n) is 26.9. The number of sulfonamides is 1. The Balaban J connectivity index is 1.64. The Morgan fingerprint density at radius 1 is 1.16 bits per heavy atom. The van der Waals surface area contributed by atoms with Crippen molar-refractivity contribution in [3.05, 3.63) is 72.2 Å². The van der Waals surface area contributed by atoms with E-state index in [1.165, 1.54) is 24.2 Å². The summed E-state index contributed by atoms with van der Waals surface area (Å²) < 4.78 is 42.9. The molecule has 1 aromatic heterocycles. The van der Waals surface area contributed by atoms with Crippen molar-refractivity contribution in [1.29, 1.82) is 0 Å². The predicted octanol–water partition coefficient (Wildman–Crippen LogP) is 4.15. The molecular weight excluding hydrogens is 594 g/mol. The number of hydrogen-bond donors (Lipinski definition) is 2. The summed E-state index contributed by atoms with van der Waals surface area (Å²) in [7, 11) is -0.239. The molecule has 2 aromatic carbocycles. The van der Waals surface area contributed by atoms with Gasteiger partial charge in [0.05, 0.1) is 36.7 Å². The van der Waals surface area contributed by atoms with Crippen LogP contribution >= 0.6 is 0 Å². The van der Waals surface area contributed by atoms with Crippen LogP contribution in [0.25, 0.3) is 0 Å². The van der Waals surface area contributed by atoms with Gasteiger partial charge in [-0.3, -0.25) is 14.4 Å². The lowest BCUT2D eigenvalue weighted by molar-refractivity contribution is -0.0177. The molecule has 2 N–H and O–H groups in total. The van der Waals surface area contributed by atoms with Crippen molar-refractivity contribution >= 4 is 21.6 Å². The Bertz CT molecular complexity index is 1500. The number of aliphatic hydroxyl groups is 1. The highest BCUT2D eigenvalue weighted by molar-refractivity contribution is 7.92. The van der Waals surface area contributed by atoms with Crippen LogP contribution in [0, 0.1) is 5.92 Å². The number of ether oxygens (including phenoxy) is 2. The van der Waals surface area contributed by atoms with E-state index in [-0.39, 0.29) is 46.9 Å². The molecule has 45 heavy (non-hydrogen) atoms. The second-order valence-corrected chi connectivity index (χ2v) is 13.8. The molecule has 0 unspecified atom stereocenters. The molecule has 1 aliphatic heterocycles. The van der Waals surface area contributed by atoms with E-state index in [4.69, 9.17) is 9.47 Å². The second-order valence-electron chi connectivity index (χ2n) is 12.2. The van der Waals surface area contributed by atoms with Gasteiger partial charge in [0.25, 0.3) is 15.9 Å². The van der Waals surface area contributed by atoms with Crippen molar-refractivity contribution in [2.75, 3.05) is 38.1 Å². The summed E-state index contributed by atoms with van der Waals surface area (Å²) >= 11 is 0. The van der Waals surface area contributed by atoms with E-state index in [0.29, 0.717) is 25.4 Å². The minimum absolute atomic E-state index is 0.0711. The molecule has 0 bridgehead atoms. The van der Waals surface area contributed by atoms with E-state index in [1.807, 2.05) is 25.1 Å². The van der Waals surface area contributed by atoms with Crippen molar-refractivity contribution < 1.29 is 27.8 Å². The van der Waals surface area contributed by atoms with Crippen LogP contribution in [-0.4, -0.2) is 90.4 Å². The number of amides is 1. The molecule has 1 amide bonds. The average molecular weight is 642 g/mol. The smallest absolute Gasteiger partial charge is 0.280 e. The number of benzene rings is 2. The highest BCUT2D eigenvalue weighted by atomic mass is 32.2. The lowest BCUT2D eigenvalue weighted by atomic mass is 10.0. The first-order chi connectivity index (χ1) is 21.5. The molecule has 2 heterocycles. The normalized spacial score (nSPS) is 21.1. The minimum atomic E-state index is -3.99. The van der Waals surface area contributed by atoms with E-state index >= 15 is 0 Å². The summed E-state index contributed by atoms with van der Waals surface area (Å²) in [6, 6.07) is 14.5. The van der Waals surface area contributed by atoms with E-state index in [9.17, 15) is 18.3 Å². The number of carbonyl (C=O) groups is 1. The first kappa shape index (κ1) is 34.4. The van der Waals surface area contributed by atoms with Crippen molar-refractivity contribution in [1.82, 2.24) is 19.4 Å². The first-order valence-corrected chi connectivity index (χ1v) is 17.0. The third-order valence-corrected chi connectivity index (χ3v) is 9.31. The van der Waals surface area contributed by atoms with Gasteiger partial charge in [-0.05, 0) is 63.9 Å². The molecule has 0 saturated heterocycles. The summed E-state index contributed by atoms with van der Waals surface area (Å²) in [4.78, 5) is 22.1. The van der Waals surface area contributed by atoms with Gasteiger partial charge in [-0.25, -0.2) is 4.98 Å². The van der Waals surface area contributed by atoms with Crippen molar-refractivity contribution in [3.8, 4) is 5.75 Å². The van der Waals surface area contributed by atoms with Crippen molar-refractivity contribution in [2.45, 2.75) is 69.9 Å². The number of aliphatic hydroxyl groups excluding tert-OH is 1. The maximum absolute atomic E-state index is 14.3. The fourth-order valence-corrected chi connectivity index (χ4v) is 6.48. The number of carbonyl (C=O) groups excluding carboxylic acids is 1. The maximum Gasteiger partial charge on any atom is 0.280 e. The quantitative estimate of drug-likeness (QED) is 0.357. The molecule has 0 saturated carbocycles. The first-order valence-electron chi connectivity index (χ1n) is 15.5. The van der Waals surface area contributed by atoms with Crippen LogP contribution in [0.15, 0.2) is 66.1 Å². The lowest BCUT2D eigenvalue weighted by Crippen LogP contribution is -2.47. The number of imidazole rings is 1. The van der Waals surface area contributed by atoms with E-state index in [0.717, 1.165) is 25.8 Å². The number of nitrogens with one attached hydrogen (secondary N) is 1. The summed E-state index contributed by atoms with van der Waals surface area (Å²) in [6.45, 7) is 7.93. The molecule has 12 heteroatoms. The third kappa shape index (κ3) is 9.52. The van der Waals surface area contributed by atoms with E-state index in [2.05, 4.69) is 40.7 Å². The van der Waals surface area contributed by atoms with Crippen molar-refractivity contribution in [3.63, 3.8) is 0 Å². The monoisotopic (exact) mass is 641 g/mol. The highest BCUT2D eigenvalue weighted by Gasteiger charge is 2.31. The summed E-state index contributed by atoms with van der Waals surface area (Å²) in [5.41, 5.74) is 1.63. The highest BCUT2D eigenvalue weighted by Crippen LogP contribution is 2.29. The molecule has 4 atom stereocenters. The van der Waals surface area contributed by atoms with Gasteiger partial charge in [0.1, 0.15) is 5.75 Å². The van der Waals surface area contributed by atoms with Gasteiger partial charge in [0.15, 0.2) is 5.03 Å². The molecule has 1 aliphatic rings. The number of aromatic nitrogens is 2. The second kappa shape index (κ2) is 15.7. The molecule has 3 aromatic rings. The number of rotatable bonds is 9. The number of anilines is 1. The zero-order chi connectivity index (χ0) is 32.6.